The molecule has 0 aromatic heterocycles. The Labute approximate surface area is 794 Å². The second kappa shape index (κ2) is 43.6. The van der Waals surface area contributed by atoms with Crippen LogP contribution in [-0.2, 0) is 63.1 Å². The summed E-state index contributed by atoms with van der Waals surface area (Å²) < 4.78 is 14.5. The summed E-state index contributed by atoms with van der Waals surface area (Å²) in [6.07, 6.45) is 22.1. The predicted octanol–water partition coefficient (Wildman–Crippen LogP) is 24.4. The van der Waals surface area contributed by atoms with Gasteiger partial charge in [-0.3, -0.25) is 38.4 Å². The van der Waals surface area contributed by atoms with Crippen molar-refractivity contribution in [3.8, 4) is 0 Å². The Bertz CT molecular complexity index is 5850. The molecule has 16 nitrogen and oxygen atoms in total. The maximum Gasteiger partial charge on any atom is 0.257 e. The molecule has 134 heavy (non-hydrogen) atoms. The zero-order valence-corrected chi connectivity index (χ0v) is 79.0. The summed E-state index contributed by atoms with van der Waals surface area (Å²) in [7, 11) is 0. The minimum atomic E-state index is -0.543. The molecule has 8 aliphatic rings. The van der Waals surface area contributed by atoms with Crippen LogP contribution in [0.4, 0.5) is 27.1 Å². The first kappa shape index (κ1) is 94.6. The normalized spacial score (nSPS) is 20.2. The summed E-state index contributed by atoms with van der Waals surface area (Å²) in [6, 6.07) is 82.0. The van der Waals surface area contributed by atoms with Crippen molar-refractivity contribution >= 4 is 81.6 Å². The number of piperidine rings is 4. The van der Waals surface area contributed by atoms with E-state index in [1.54, 1.807) is 29.2 Å². The van der Waals surface area contributed by atoms with Crippen molar-refractivity contribution in [2.75, 3.05) is 47.4 Å². The molecule has 0 radical (unpaired) electrons. The van der Waals surface area contributed by atoms with Crippen LogP contribution in [0.5, 0.6) is 0 Å². The van der Waals surface area contributed by atoms with Crippen LogP contribution in [0, 0.1) is 56.2 Å². The molecule has 8 atom stereocenters. The number of aryl methyl sites for hydroxylation is 9. The van der Waals surface area contributed by atoms with Gasteiger partial charge < -0.3 is 40.9 Å². The fourth-order valence-electron chi connectivity index (χ4n) is 22.1. The Kier molecular flexibility index (Phi) is 30.8. The van der Waals surface area contributed by atoms with Crippen molar-refractivity contribution in [1.82, 2.24) is 19.6 Å². The van der Waals surface area contributed by atoms with Gasteiger partial charge >= 0.3 is 0 Å². The highest BCUT2D eigenvalue weighted by molar-refractivity contribution is 6.33. The van der Waals surface area contributed by atoms with Crippen molar-refractivity contribution < 1.29 is 42.7 Å². The number of nitrogens with one attached hydrogen (secondary N) is 4. The second-order valence-corrected chi connectivity index (χ2v) is 39.2. The number of carbonyl (C=O) groups excluding carboxylic acids is 8. The van der Waals surface area contributed by atoms with Crippen LogP contribution in [0.1, 0.15) is 255 Å². The third kappa shape index (κ3) is 22.1. The second-order valence-electron chi connectivity index (χ2n) is 38.8. The number of hydrogen-bond donors (Lipinski definition) is 4. The number of anilines is 4. The molecule has 11 aromatic carbocycles. The summed E-state index contributed by atoms with van der Waals surface area (Å²) in [5, 5.41) is 13.1. The number of amides is 8. The smallest absolute Gasteiger partial charge is 0.257 e. The van der Waals surface area contributed by atoms with Gasteiger partial charge in [-0.2, -0.15) is 0 Å². The molecule has 0 bridgehead atoms. The summed E-state index contributed by atoms with van der Waals surface area (Å²) >= 11 is 6.36. The van der Waals surface area contributed by atoms with E-state index < -0.39 is 17.8 Å². The largest absolute Gasteiger partial charge is 0.335 e. The third-order valence-corrected chi connectivity index (χ3v) is 29.2. The lowest BCUT2D eigenvalue weighted by molar-refractivity contribution is -0.125. The number of carbonyl (C=O) groups is 8. The summed E-state index contributed by atoms with van der Waals surface area (Å²) in [6.45, 7) is 14.9. The molecule has 0 unspecified atom stereocenters. The van der Waals surface area contributed by atoms with E-state index in [1.165, 1.54) is 83.2 Å². The minimum absolute atomic E-state index is 0.00505. The molecule has 8 amide bonds. The van der Waals surface area contributed by atoms with Gasteiger partial charge in [0.1, 0.15) is 5.82 Å². The summed E-state index contributed by atoms with van der Waals surface area (Å²) in [5.41, 5.74) is 20.5. The highest BCUT2D eigenvalue weighted by Gasteiger charge is 2.47. The quantitative estimate of drug-likeness (QED) is 0.0733. The number of fused-ring (bicyclic) bond motifs is 3. The van der Waals surface area contributed by atoms with Crippen LogP contribution in [-0.4, -0.2) is 99.1 Å². The molecule has 692 valence electrons. The average Bonchev–Trinajstić information content (AvgIpc) is 1.17. The molecule has 1 saturated carbocycles. The Hall–Kier alpha value is -12.6. The zero-order valence-electron chi connectivity index (χ0n) is 78.2. The molecular weight excluding hydrogens is 1690 g/mol. The molecule has 4 N–H and O–H groups in total. The van der Waals surface area contributed by atoms with Crippen molar-refractivity contribution in [2.24, 2.45) is 29.6 Å². The number of hydrogen-bond acceptors (Lipinski definition) is 8. The van der Waals surface area contributed by atoms with E-state index in [2.05, 4.69) is 102 Å². The molecule has 19 rings (SSSR count). The van der Waals surface area contributed by atoms with Gasteiger partial charge in [0.05, 0.1) is 57.9 Å². The number of rotatable bonds is 16. The first-order chi connectivity index (χ1) is 65.0. The number of likely N-dealkylation sites (tertiary alicyclic amines) is 4. The maximum absolute atomic E-state index is 14.5. The Morgan fingerprint density at radius 2 is 0.664 bits per heavy atom. The van der Waals surface area contributed by atoms with Crippen molar-refractivity contribution in [3.05, 3.63) is 366 Å². The van der Waals surface area contributed by atoms with E-state index >= 15 is 0 Å². The molecule has 4 aliphatic carbocycles. The van der Waals surface area contributed by atoms with Gasteiger partial charge in [0.2, 0.25) is 23.6 Å². The van der Waals surface area contributed by atoms with E-state index in [0.29, 0.717) is 54.5 Å². The fraction of sp³-hybridized carbons (Fsp3) is 0.362. The van der Waals surface area contributed by atoms with Crippen LogP contribution < -0.4 is 21.3 Å². The molecule has 4 aliphatic heterocycles. The molecule has 0 spiro atoms. The Morgan fingerprint density at radius 1 is 0.313 bits per heavy atom. The van der Waals surface area contributed by atoms with Gasteiger partial charge in [-0.05, 0) is 305 Å². The zero-order chi connectivity index (χ0) is 93.5. The van der Waals surface area contributed by atoms with Crippen molar-refractivity contribution in [1.29, 1.82) is 0 Å². The van der Waals surface area contributed by atoms with E-state index in [0.717, 1.165) is 165 Å². The maximum atomic E-state index is 14.5. The van der Waals surface area contributed by atoms with Crippen LogP contribution in [0.3, 0.4) is 0 Å². The highest BCUT2D eigenvalue weighted by atomic mass is 35.5. The van der Waals surface area contributed by atoms with Crippen LogP contribution >= 0.6 is 11.6 Å². The lowest BCUT2D eigenvalue weighted by Crippen LogP contribution is -2.55. The SMILES string of the molecule is Cc1cccc(C)c1C(=O)N1CCC[C@H](C(=O)Nc2ccc3c(c2)CCC3)[C@@H]1C1CCCCC1.Cc1ccccc1C(=O)N1CCC[C@H](C(=O)Nc2cccc(C(C)(C)C)c2)[C@@H]1c1ccccc1.O=C(Nc1ccc2c(c1)CCC2)[C@H]1CCCN(C(=O)c2ccccc2Cl)[C@H]1c1ccccc1.O=C(Nc1ccc2c(c1)CCC2)[C@H]1CCCN(C(=O)c2ccccc2F)[C@H]1c1ccccc1. The van der Waals surface area contributed by atoms with Crippen LogP contribution in [0.25, 0.3) is 0 Å². The van der Waals surface area contributed by atoms with E-state index in [-0.39, 0.29) is 94.1 Å². The molecule has 18 heteroatoms. The minimum Gasteiger partial charge on any atom is -0.335 e. The number of halogens is 2. The Balaban J connectivity index is 0.000000130. The monoisotopic (exact) mass is 1810 g/mol. The standard InChI is InChI=1S/C30H38N2O2.C30H34N2O2.C28H27ClN2O2.C28H27FN2O2/c1-20-9-6-10-21(2)27(20)30(34)32-18-8-15-26(28(32)23-11-4-3-5-12-23)29(33)31-25-17-16-22-13-7-14-24(22)19-25;1-21-12-8-9-17-25(21)29(34)32-19-11-18-26(27(32)22-13-6-5-7-14-22)28(33)31-24-16-10-15-23(20-24)30(2,3)4;2*29-25-14-5-4-12-23(25)28(33)31-17-7-13-24(26(31)20-8-2-1-3-9-20)27(32)30-22-16-15-19-10-6-11-21(19)18-22/h6,9-10,16-17,19,23,26,28H,3-5,7-8,11-15,18H2,1-2H3,(H,31,33);5-10,12-17,20,26-27H,11,18-19H2,1-4H3,(H,31,33);2*1-5,8-9,12,14-16,18,24,26H,6-7,10-11,13,17H2,(H,30,32)/t26-,28-;26-,27-;2*24-,26-/m0000/s1. The predicted molar refractivity (Wildman–Crippen MR) is 533 cm³/mol. The van der Waals surface area contributed by atoms with Crippen LogP contribution in [0.15, 0.2) is 261 Å². The fourth-order valence-corrected chi connectivity index (χ4v) is 22.3. The number of benzene rings is 11. The van der Waals surface area contributed by atoms with Crippen molar-refractivity contribution in [2.45, 2.75) is 212 Å². The lowest BCUT2D eigenvalue weighted by Gasteiger charge is -2.46. The molecule has 4 saturated heterocycles. The summed E-state index contributed by atoms with van der Waals surface area (Å²) in [4.78, 5) is 116. The average molecular weight is 1810 g/mol. The molecule has 4 heterocycles. The van der Waals surface area contributed by atoms with Crippen molar-refractivity contribution in [3.63, 3.8) is 0 Å². The van der Waals surface area contributed by atoms with Gasteiger partial charge in [0.25, 0.3) is 23.6 Å². The van der Waals surface area contributed by atoms with E-state index in [1.807, 2.05) is 200 Å². The highest BCUT2D eigenvalue weighted by Crippen LogP contribution is 2.45. The van der Waals surface area contributed by atoms with Gasteiger partial charge in [0, 0.05) is 66.1 Å². The topological polar surface area (TPSA) is 198 Å². The van der Waals surface area contributed by atoms with E-state index in [4.69, 9.17) is 11.6 Å². The molecular formula is C116H126ClFN8O8. The van der Waals surface area contributed by atoms with Crippen LogP contribution in [0.2, 0.25) is 5.02 Å². The van der Waals surface area contributed by atoms with E-state index in [9.17, 15) is 42.7 Å². The Morgan fingerprint density at radius 3 is 1.10 bits per heavy atom. The summed E-state index contributed by atoms with van der Waals surface area (Å²) in [5.74, 6) is -1.91. The number of nitrogens with zero attached hydrogens (tertiary/aromatic N) is 4. The van der Waals surface area contributed by atoms with Gasteiger partial charge in [-0.15, -0.1) is 0 Å². The first-order valence-electron chi connectivity index (χ1n) is 48.7. The molecule has 5 fully saturated rings. The van der Waals surface area contributed by atoms with Gasteiger partial charge in [-0.1, -0.05) is 234 Å². The first-order valence-corrected chi connectivity index (χ1v) is 49.1. The third-order valence-electron chi connectivity index (χ3n) is 28.9. The van der Waals surface area contributed by atoms with Gasteiger partial charge in [0.15, 0.2) is 0 Å². The lowest BCUT2D eigenvalue weighted by atomic mass is 9.74. The molecule has 11 aromatic rings. The van der Waals surface area contributed by atoms with Gasteiger partial charge in [-0.25, -0.2) is 4.39 Å².